The smallest absolute Gasteiger partial charge is 0.322 e. The molecule has 0 aliphatic rings. The number of benzene rings is 1. The van der Waals surface area contributed by atoms with Gasteiger partial charge in [-0.05, 0) is 43.5 Å². The molecule has 1 aromatic heterocycles. The molecule has 1 atom stereocenters. The lowest BCUT2D eigenvalue weighted by Gasteiger charge is -2.32. The Balaban J connectivity index is 2.17. The van der Waals surface area contributed by atoms with Crippen molar-refractivity contribution in [3.8, 4) is 0 Å². The number of amides is 3. The Labute approximate surface area is 178 Å². The standard InChI is InChI=1S/C23H33FN4O2/c1-6-18(4)28(23(30)25-21-12-8-7-11-20(21)24)16-22(29)27(14-17(2)3)15-19-10-9-13-26(19)5/h7-13,17-18H,6,14-16H2,1-5H3,(H,25,30). The fourth-order valence-corrected chi connectivity index (χ4v) is 3.20. The number of anilines is 1. The number of carbonyl (C=O) groups excluding carboxylic acids is 2. The number of urea groups is 1. The van der Waals surface area contributed by atoms with Crippen LogP contribution in [0.25, 0.3) is 0 Å². The molecule has 0 fully saturated rings. The summed E-state index contributed by atoms with van der Waals surface area (Å²) in [5.74, 6) is -0.348. The summed E-state index contributed by atoms with van der Waals surface area (Å²) in [4.78, 5) is 29.3. The number of rotatable bonds is 9. The van der Waals surface area contributed by atoms with E-state index in [2.05, 4.69) is 19.2 Å². The summed E-state index contributed by atoms with van der Waals surface area (Å²) >= 11 is 0. The van der Waals surface area contributed by atoms with E-state index < -0.39 is 11.8 Å². The number of halogens is 1. The minimum atomic E-state index is -0.508. The highest BCUT2D eigenvalue weighted by atomic mass is 19.1. The van der Waals surface area contributed by atoms with E-state index in [-0.39, 0.29) is 24.2 Å². The van der Waals surface area contributed by atoms with Gasteiger partial charge in [0.05, 0.1) is 12.2 Å². The highest BCUT2D eigenvalue weighted by Crippen LogP contribution is 2.16. The Morgan fingerprint density at radius 1 is 1.13 bits per heavy atom. The highest BCUT2D eigenvalue weighted by molar-refractivity contribution is 5.92. The van der Waals surface area contributed by atoms with E-state index in [1.807, 2.05) is 43.8 Å². The van der Waals surface area contributed by atoms with E-state index >= 15 is 0 Å². The molecule has 7 heteroatoms. The van der Waals surface area contributed by atoms with Gasteiger partial charge in [-0.15, -0.1) is 0 Å². The molecule has 2 aromatic rings. The summed E-state index contributed by atoms with van der Waals surface area (Å²) in [5.41, 5.74) is 1.13. The van der Waals surface area contributed by atoms with Gasteiger partial charge in [0.25, 0.3) is 0 Å². The molecule has 30 heavy (non-hydrogen) atoms. The van der Waals surface area contributed by atoms with Crippen molar-refractivity contribution in [2.24, 2.45) is 13.0 Å². The van der Waals surface area contributed by atoms with Crippen molar-refractivity contribution >= 4 is 17.6 Å². The lowest BCUT2D eigenvalue weighted by Crippen LogP contribution is -2.48. The predicted molar refractivity (Wildman–Crippen MR) is 118 cm³/mol. The van der Waals surface area contributed by atoms with Crippen molar-refractivity contribution in [1.82, 2.24) is 14.4 Å². The number of aromatic nitrogens is 1. The Bertz CT molecular complexity index is 849. The van der Waals surface area contributed by atoms with Crippen molar-refractivity contribution in [2.45, 2.75) is 46.7 Å². The van der Waals surface area contributed by atoms with Crippen LogP contribution in [0.1, 0.15) is 39.8 Å². The van der Waals surface area contributed by atoms with Crippen molar-refractivity contribution in [3.63, 3.8) is 0 Å². The topological polar surface area (TPSA) is 57.6 Å². The maximum Gasteiger partial charge on any atom is 0.322 e. The van der Waals surface area contributed by atoms with Crippen molar-refractivity contribution in [1.29, 1.82) is 0 Å². The van der Waals surface area contributed by atoms with Gasteiger partial charge < -0.3 is 19.7 Å². The van der Waals surface area contributed by atoms with Crippen LogP contribution in [0.15, 0.2) is 42.6 Å². The first-order valence-corrected chi connectivity index (χ1v) is 10.4. The van der Waals surface area contributed by atoms with E-state index in [4.69, 9.17) is 0 Å². The SMILES string of the molecule is CCC(C)N(CC(=O)N(Cc1cccn1C)CC(C)C)C(=O)Nc1ccccc1F. The molecule has 1 N–H and O–H groups in total. The molecule has 0 aliphatic heterocycles. The minimum Gasteiger partial charge on any atom is -0.353 e. The van der Waals surface area contributed by atoms with Gasteiger partial charge in [-0.1, -0.05) is 32.9 Å². The number of nitrogens with one attached hydrogen (secondary N) is 1. The summed E-state index contributed by atoms with van der Waals surface area (Å²) < 4.78 is 16.0. The molecule has 1 heterocycles. The number of nitrogens with zero attached hydrogens (tertiary/aromatic N) is 3. The Morgan fingerprint density at radius 2 is 1.83 bits per heavy atom. The van der Waals surface area contributed by atoms with E-state index in [0.717, 1.165) is 5.69 Å². The van der Waals surface area contributed by atoms with E-state index in [1.165, 1.54) is 17.0 Å². The zero-order chi connectivity index (χ0) is 22.3. The third kappa shape index (κ3) is 6.34. The van der Waals surface area contributed by atoms with Crippen molar-refractivity contribution < 1.29 is 14.0 Å². The van der Waals surface area contributed by atoms with Crippen LogP contribution in [0, 0.1) is 11.7 Å². The largest absolute Gasteiger partial charge is 0.353 e. The normalized spacial score (nSPS) is 12.0. The van der Waals surface area contributed by atoms with Gasteiger partial charge in [-0.3, -0.25) is 4.79 Å². The summed E-state index contributed by atoms with van der Waals surface area (Å²) in [5, 5.41) is 2.60. The molecule has 0 bridgehead atoms. The van der Waals surface area contributed by atoms with Gasteiger partial charge in [0, 0.05) is 31.5 Å². The van der Waals surface area contributed by atoms with Gasteiger partial charge in [0.2, 0.25) is 5.91 Å². The molecule has 0 saturated carbocycles. The zero-order valence-corrected chi connectivity index (χ0v) is 18.6. The van der Waals surface area contributed by atoms with Crippen molar-refractivity contribution in [3.05, 3.63) is 54.1 Å². The molecule has 0 radical (unpaired) electrons. The monoisotopic (exact) mass is 416 g/mol. The Morgan fingerprint density at radius 3 is 2.40 bits per heavy atom. The Hall–Kier alpha value is -2.83. The molecule has 1 aromatic carbocycles. The zero-order valence-electron chi connectivity index (χ0n) is 18.6. The first-order chi connectivity index (χ1) is 14.2. The van der Waals surface area contributed by atoms with E-state index in [9.17, 15) is 14.0 Å². The third-order valence-electron chi connectivity index (χ3n) is 5.15. The number of carbonyl (C=O) groups is 2. The maximum atomic E-state index is 14.0. The molecule has 2 rings (SSSR count). The quantitative estimate of drug-likeness (QED) is 0.655. The average molecular weight is 417 g/mol. The molecule has 0 aliphatic carbocycles. The lowest BCUT2D eigenvalue weighted by molar-refractivity contribution is -0.133. The number of hydrogen-bond donors (Lipinski definition) is 1. The number of hydrogen-bond acceptors (Lipinski definition) is 2. The van der Waals surface area contributed by atoms with Gasteiger partial charge in [-0.25, -0.2) is 9.18 Å². The first kappa shape index (κ1) is 23.4. The fourth-order valence-electron chi connectivity index (χ4n) is 3.20. The van der Waals surface area contributed by atoms with Crippen LogP contribution in [0.2, 0.25) is 0 Å². The summed E-state index contributed by atoms with van der Waals surface area (Å²) in [7, 11) is 1.95. The van der Waals surface area contributed by atoms with Crippen LogP contribution < -0.4 is 5.32 Å². The fraction of sp³-hybridized carbons (Fsp3) is 0.478. The van der Waals surface area contributed by atoms with Gasteiger partial charge in [0.1, 0.15) is 12.4 Å². The maximum absolute atomic E-state index is 14.0. The molecule has 0 spiro atoms. The second-order valence-electron chi connectivity index (χ2n) is 8.07. The molecule has 6 nitrogen and oxygen atoms in total. The molecule has 3 amide bonds. The van der Waals surface area contributed by atoms with Crippen LogP contribution in [0.5, 0.6) is 0 Å². The molecule has 164 valence electrons. The number of aryl methyl sites for hydroxylation is 1. The van der Waals surface area contributed by atoms with E-state index in [1.54, 1.807) is 17.0 Å². The van der Waals surface area contributed by atoms with Gasteiger partial charge >= 0.3 is 6.03 Å². The predicted octanol–water partition coefficient (Wildman–Crippen LogP) is 4.48. The Kier molecular flexibility index (Phi) is 8.45. The summed E-state index contributed by atoms with van der Waals surface area (Å²) in [6, 6.07) is 9.29. The van der Waals surface area contributed by atoms with Crippen LogP contribution in [0.4, 0.5) is 14.9 Å². The second-order valence-corrected chi connectivity index (χ2v) is 8.07. The van der Waals surface area contributed by atoms with Crippen LogP contribution in [-0.2, 0) is 18.4 Å². The van der Waals surface area contributed by atoms with E-state index in [0.29, 0.717) is 25.4 Å². The van der Waals surface area contributed by atoms with Crippen LogP contribution in [0.3, 0.4) is 0 Å². The molecule has 1 unspecified atom stereocenters. The first-order valence-electron chi connectivity index (χ1n) is 10.4. The van der Waals surface area contributed by atoms with Gasteiger partial charge in [-0.2, -0.15) is 0 Å². The van der Waals surface area contributed by atoms with Crippen LogP contribution in [-0.4, -0.2) is 45.4 Å². The summed E-state index contributed by atoms with van der Waals surface area (Å²) in [6.45, 7) is 8.96. The molecular weight excluding hydrogens is 383 g/mol. The highest BCUT2D eigenvalue weighted by Gasteiger charge is 2.26. The number of para-hydroxylation sites is 1. The van der Waals surface area contributed by atoms with Crippen molar-refractivity contribution in [2.75, 3.05) is 18.4 Å². The molecular formula is C23H33FN4O2. The second kappa shape index (κ2) is 10.8. The third-order valence-corrected chi connectivity index (χ3v) is 5.15. The average Bonchev–Trinajstić information content (AvgIpc) is 3.10. The van der Waals surface area contributed by atoms with Gasteiger partial charge in [0.15, 0.2) is 0 Å². The lowest BCUT2D eigenvalue weighted by atomic mass is 10.2. The van der Waals surface area contributed by atoms with Crippen LogP contribution >= 0.6 is 0 Å². The minimum absolute atomic E-state index is 0.0631. The molecule has 0 saturated heterocycles. The summed E-state index contributed by atoms with van der Waals surface area (Å²) in [6.07, 6.45) is 2.63.